The van der Waals surface area contributed by atoms with Gasteiger partial charge in [-0.3, -0.25) is 9.59 Å². The number of hydrogen-bond acceptors (Lipinski definition) is 6. The number of nitrogens with one attached hydrogen (secondary N) is 1. The highest BCUT2D eigenvalue weighted by molar-refractivity contribution is 7.90. The van der Waals surface area contributed by atoms with Crippen molar-refractivity contribution in [2.24, 2.45) is 0 Å². The van der Waals surface area contributed by atoms with Crippen LogP contribution in [0, 0.1) is 19.7 Å². The monoisotopic (exact) mass is 581 g/mol. The minimum Gasteiger partial charge on any atom is -0.496 e. The summed E-state index contributed by atoms with van der Waals surface area (Å²) in [7, 11) is 1.46. The van der Waals surface area contributed by atoms with Crippen LogP contribution in [0.5, 0.6) is 5.75 Å². The van der Waals surface area contributed by atoms with E-state index < -0.39 is 21.1 Å². The SMILES string of the molecule is COc1cc(C)[nH]c(=O)c1CCC(=O)c1cc(-c2ccc(CN(C)C)cc2F)cc2c1c(C)cn2S(=O)(=O)C(C)C. The molecule has 4 aromatic rings. The highest BCUT2D eigenvalue weighted by Gasteiger charge is 2.26. The van der Waals surface area contributed by atoms with Crippen molar-refractivity contribution in [3.8, 4) is 16.9 Å². The van der Waals surface area contributed by atoms with Crippen LogP contribution in [0.4, 0.5) is 4.39 Å². The Morgan fingerprint density at radius 2 is 1.83 bits per heavy atom. The van der Waals surface area contributed by atoms with E-state index in [1.807, 2.05) is 25.1 Å². The van der Waals surface area contributed by atoms with E-state index in [2.05, 4.69) is 4.98 Å². The summed E-state index contributed by atoms with van der Waals surface area (Å²) in [5.41, 5.74) is 3.26. The van der Waals surface area contributed by atoms with Crippen LogP contribution in [0.15, 0.2) is 47.4 Å². The first-order valence-electron chi connectivity index (χ1n) is 13.4. The number of fused-ring (bicyclic) bond motifs is 1. The lowest BCUT2D eigenvalue weighted by Crippen LogP contribution is -2.21. The van der Waals surface area contributed by atoms with Crippen LogP contribution < -0.4 is 10.3 Å². The van der Waals surface area contributed by atoms with Gasteiger partial charge >= 0.3 is 0 Å². The predicted molar refractivity (Wildman–Crippen MR) is 160 cm³/mol. The molecule has 0 amide bonds. The van der Waals surface area contributed by atoms with Crippen molar-refractivity contribution in [2.45, 2.75) is 52.3 Å². The van der Waals surface area contributed by atoms with Crippen LogP contribution in [0.3, 0.4) is 0 Å². The van der Waals surface area contributed by atoms with Gasteiger partial charge in [-0.25, -0.2) is 16.8 Å². The average molecular weight is 582 g/mol. The molecule has 2 heterocycles. The Balaban J connectivity index is 1.88. The fourth-order valence-corrected chi connectivity index (χ4v) is 6.25. The van der Waals surface area contributed by atoms with Gasteiger partial charge in [-0.2, -0.15) is 0 Å². The standard InChI is InChI=1S/C31H36FN3O5S/c1-18(2)41(38,39)35-16-19(3)30-25(28(36)11-10-24-29(40-7)12-20(4)33-31(24)37)14-22(15-27(30)35)23-9-8-21(13-26(23)32)17-34(5)6/h8-9,12-16,18H,10-11,17H2,1-7H3,(H,33,37). The maximum absolute atomic E-state index is 15.4. The fraction of sp³-hybridized carbons (Fsp3) is 0.355. The predicted octanol–water partition coefficient (Wildman–Crippen LogP) is 5.22. The van der Waals surface area contributed by atoms with E-state index in [-0.39, 0.29) is 35.3 Å². The van der Waals surface area contributed by atoms with Crippen LogP contribution >= 0.6 is 0 Å². The number of ether oxygens (including phenoxy) is 1. The van der Waals surface area contributed by atoms with Crippen molar-refractivity contribution in [3.63, 3.8) is 0 Å². The molecule has 0 aliphatic heterocycles. The molecule has 2 aromatic heterocycles. The summed E-state index contributed by atoms with van der Waals surface area (Å²) < 4.78 is 48.6. The molecule has 0 spiro atoms. The number of hydrogen-bond donors (Lipinski definition) is 1. The van der Waals surface area contributed by atoms with E-state index in [1.165, 1.54) is 23.3 Å². The molecule has 0 aliphatic carbocycles. The summed E-state index contributed by atoms with van der Waals surface area (Å²) in [5, 5.41) is -0.236. The number of carbonyl (C=O) groups excluding carboxylic acids is 1. The Bertz CT molecular complexity index is 1800. The smallest absolute Gasteiger partial charge is 0.255 e. The molecule has 0 saturated heterocycles. The lowest BCUT2D eigenvalue weighted by molar-refractivity contribution is 0.0984. The number of aryl methyl sites for hydroxylation is 2. The molecule has 8 nitrogen and oxygen atoms in total. The minimum absolute atomic E-state index is 0.0349. The molecular weight excluding hydrogens is 545 g/mol. The first kappa shape index (κ1) is 30.2. The number of H-pyrrole nitrogens is 1. The number of carbonyl (C=O) groups is 1. The summed E-state index contributed by atoms with van der Waals surface area (Å²) in [6.45, 7) is 7.21. The molecule has 1 N–H and O–H groups in total. The molecule has 0 atom stereocenters. The number of methoxy groups -OCH3 is 1. The lowest BCUT2D eigenvalue weighted by atomic mass is 9.93. The summed E-state index contributed by atoms with van der Waals surface area (Å²) in [5.74, 6) is -0.380. The van der Waals surface area contributed by atoms with E-state index in [9.17, 15) is 18.0 Å². The van der Waals surface area contributed by atoms with Crippen LogP contribution in [0.2, 0.25) is 0 Å². The van der Waals surface area contributed by atoms with Gasteiger partial charge in [0.15, 0.2) is 5.78 Å². The number of halogens is 1. The number of Topliss-reactive ketones (excluding diaryl/α,β-unsaturated/α-hetero) is 1. The van der Waals surface area contributed by atoms with Gasteiger partial charge in [-0.1, -0.05) is 12.1 Å². The third kappa shape index (κ3) is 5.99. The third-order valence-electron chi connectivity index (χ3n) is 7.13. The van der Waals surface area contributed by atoms with Crippen molar-refractivity contribution in [3.05, 3.63) is 86.7 Å². The average Bonchev–Trinajstić information content (AvgIpc) is 3.23. The highest BCUT2D eigenvalue weighted by atomic mass is 32.2. The molecule has 41 heavy (non-hydrogen) atoms. The molecule has 218 valence electrons. The van der Waals surface area contributed by atoms with Gasteiger partial charge in [-0.05, 0) is 89.2 Å². The van der Waals surface area contributed by atoms with Crippen LogP contribution in [0.1, 0.15) is 53.0 Å². The topological polar surface area (TPSA) is 101 Å². The van der Waals surface area contributed by atoms with Gasteiger partial charge in [0, 0.05) is 41.4 Å². The number of benzene rings is 2. The molecule has 0 saturated carbocycles. The number of rotatable bonds is 10. The molecule has 4 rings (SSSR count). The molecule has 0 aliphatic rings. The number of nitrogens with zero attached hydrogens (tertiary/aromatic N) is 2. The van der Waals surface area contributed by atoms with Crippen LogP contribution in [0.25, 0.3) is 22.0 Å². The van der Waals surface area contributed by atoms with Crippen molar-refractivity contribution in [1.29, 1.82) is 0 Å². The molecule has 0 fully saturated rings. The summed E-state index contributed by atoms with van der Waals surface area (Å²) >= 11 is 0. The summed E-state index contributed by atoms with van der Waals surface area (Å²) in [6.07, 6.45) is 1.58. The Morgan fingerprint density at radius 3 is 2.44 bits per heavy atom. The van der Waals surface area contributed by atoms with Gasteiger partial charge in [0.2, 0.25) is 10.0 Å². The largest absolute Gasteiger partial charge is 0.496 e. The van der Waals surface area contributed by atoms with E-state index >= 15 is 4.39 Å². The van der Waals surface area contributed by atoms with Gasteiger partial charge in [0.05, 0.1) is 23.4 Å². The van der Waals surface area contributed by atoms with E-state index in [1.54, 1.807) is 52.0 Å². The summed E-state index contributed by atoms with van der Waals surface area (Å²) in [4.78, 5) is 31.1. The Labute approximate surface area is 239 Å². The van der Waals surface area contributed by atoms with Crippen molar-refractivity contribution >= 4 is 26.7 Å². The molecule has 0 radical (unpaired) electrons. The Hall–Kier alpha value is -3.76. The van der Waals surface area contributed by atoms with Gasteiger partial charge in [0.1, 0.15) is 11.6 Å². The fourth-order valence-electron chi connectivity index (χ4n) is 5.07. The Morgan fingerprint density at radius 1 is 1.12 bits per heavy atom. The maximum Gasteiger partial charge on any atom is 0.255 e. The number of ketones is 1. The molecule has 2 aromatic carbocycles. The quantitative estimate of drug-likeness (QED) is 0.258. The molecule has 10 heteroatoms. The zero-order chi connectivity index (χ0) is 30.2. The number of aromatic nitrogens is 2. The Kier molecular flexibility index (Phi) is 8.56. The van der Waals surface area contributed by atoms with Crippen molar-refractivity contribution in [1.82, 2.24) is 13.9 Å². The molecule has 0 unspecified atom stereocenters. The highest BCUT2D eigenvalue weighted by Crippen LogP contribution is 2.35. The first-order chi connectivity index (χ1) is 19.2. The molecular formula is C31H36FN3O5S. The second-order valence-corrected chi connectivity index (χ2v) is 13.3. The minimum atomic E-state index is -3.78. The first-order valence-corrected chi connectivity index (χ1v) is 14.9. The van der Waals surface area contributed by atoms with Crippen molar-refractivity contribution < 1.29 is 22.3 Å². The summed E-state index contributed by atoms with van der Waals surface area (Å²) in [6, 6.07) is 9.85. The van der Waals surface area contributed by atoms with Gasteiger partial charge < -0.3 is 14.6 Å². The van der Waals surface area contributed by atoms with Gasteiger partial charge in [-0.15, -0.1) is 0 Å². The molecule has 0 bridgehead atoms. The second kappa shape index (κ2) is 11.6. The van der Waals surface area contributed by atoms with Crippen LogP contribution in [-0.4, -0.2) is 54.5 Å². The van der Waals surface area contributed by atoms with Crippen molar-refractivity contribution in [2.75, 3.05) is 21.2 Å². The van der Waals surface area contributed by atoms with E-state index in [4.69, 9.17) is 4.74 Å². The zero-order valence-electron chi connectivity index (χ0n) is 24.5. The van der Waals surface area contributed by atoms with Crippen LogP contribution in [-0.2, 0) is 23.0 Å². The maximum atomic E-state index is 15.4. The zero-order valence-corrected chi connectivity index (χ0v) is 25.3. The lowest BCUT2D eigenvalue weighted by Gasteiger charge is -2.15. The second-order valence-electron chi connectivity index (χ2n) is 10.9. The normalized spacial score (nSPS) is 12.0. The third-order valence-corrected chi connectivity index (χ3v) is 9.17. The number of pyridine rings is 1. The van der Waals surface area contributed by atoms with E-state index in [0.717, 1.165) is 5.56 Å². The van der Waals surface area contributed by atoms with Gasteiger partial charge in [0.25, 0.3) is 5.56 Å². The number of aromatic amines is 1. The van der Waals surface area contributed by atoms with E-state index in [0.29, 0.717) is 45.6 Å².